The molecule has 0 saturated heterocycles. The molecule has 1 nitrogen and oxygen atoms in total. The fourth-order valence-corrected chi connectivity index (χ4v) is 2.48. The number of aliphatic hydroxyl groups is 1. The van der Waals surface area contributed by atoms with Crippen molar-refractivity contribution in [3.05, 3.63) is 83.4 Å². The number of fused-ring (bicyclic) bond motifs is 1. The smallest absolute Gasteiger partial charge is 0.164 e. The maximum absolute atomic E-state index is 13.7. The monoisotopic (exact) mass is 284 g/mol. The number of hydrogen-bond acceptors (Lipinski definition) is 1. The Balaban J connectivity index is 1.89. The number of rotatable bonds is 3. The lowest BCUT2D eigenvalue weighted by molar-refractivity contribution is 0.172. The first kappa shape index (κ1) is 13.7. The lowest BCUT2D eigenvalue weighted by Crippen LogP contribution is -2.05. The first-order chi connectivity index (χ1) is 10.1. The van der Waals surface area contributed by atoms with Gasteiger partial charge in [0.2, 0.25) is 0 Å². The third kappa shape index (κ3) is 2.78. The molecule has 0 heterocycles. The molecule has 1 unspecified atom stereocenters. The highest BCUT2D eigenvalue weighted by Gasteiger charge is 2.16. The Bertz CT molecular complexity index is 783. The van der Waals surface area contributed by atoms with Crippen molar-refractivity contribution in [1.29, 1.82) is 0 Å². The van der Waals surface area contributed by atoms with Crippen LogP contribution >= 0.6 is 0 Å². The highest BCUT2D eigenvalue weighted by atomic mass is 19.2. The molecule has 0 amide bonds. The van der Waals surface area contributed by atoms with Crippen LogP contribution in [0.4, 0.5) is 8.78 Å². The minimum atomic E-state index is -1.07. The Morgan fingerprint density at radius 3 is 2.43 bits per heavy atom. The van der Waals surface area contributed by atoms with Crippen molar-refractivity contribution in [3.63, 3.8) is 0 Å². The van der Waals surface area contributed by atoms with Gasteiger partial charge in [0.15, 0.2) is 11.6 Å². The molecule has 3 aromatic rings. The van der Waals surface area contributed by atoms with Crippen molar-refractivity contribution in [2.24, 2.45) is 0 Å². The van der Waals surface area contributed by atoms with Gasteiger partial charge in [-0.25, -0.2) is 8.78 Å². The lowest BCUT2D eigenvalue weighted by Gasteiger charge is -2.13. The van der Waals surface area contributed by atoms with E-state index in [0.29, 0.717) is 0 Å². The summed E-state index contributed by atoms with van der Waals surface area (Å²) >= 11 is 0. The fraction of sp³-hybridized carbons (Fsp3) is 0.111. The van der Waals surface area contributed by atoms with Crippen LogP contribution in [0.15, 0.2) is 60.7 Å². The van der Waals surface area contributed by atoms with E-state index in [1.807, 2.05) is 42.5 Å². The van der Waals surface area contributed by atoms with E-state index in [-0.39, 0.29) is 12.0 Å². The van der Waals surface area contributed by atoms with Gasteiger partial charge in [-0.2, -0.15) is 0 Å². The first-order valence-corrected chi connectivity index (χ1v) is 6.75. The second-order valence-electron chi connectivity index (χ2n) is 5.04. The van der Waals surface area contributed by atoms with Gasteiger partial charge >= 0.3 is 0 Å². The Morgan fingerprint density at radius 1 is 0.857 bits per heavy atom. The maximum Gasteiger partial charge on any atom is 0.164 e. The van der Waals surface area contributed by atoms with Crippen molar-refractivity contribution >= 4 is 10.8 Å². The molecule has 3 rings (SSSR count). The van der Waals surface area contributed by atoms with E-state index in [0.717, 1.165) is 22.4 Å². The SMILES string of the molecule is OC(Cc1ccc2ccccc2c1)c1cccc(F)c1F. The van der Waals surface area contributed by atoms with Crippen molar-refractivity contribution in [2.45, 2.75) is 12.5 Å². The number of aliphatic hydroxyl groups excluding tert-OH is 1. The summed E-state index contributed by atoms with van der Waals surface area (Å²) in [6.07, 6.45) is -0.826. The molecule has 0 fully saturated rings. The summed E-state index contributed by atoms with van der Waals surface area (Å²) in [5, 5.41) is 12.3. The van der Waals surface area contributed by atoms with E-state index in [2.05, 4.69) is 0 Å². The second kappa shape index (κ2) is 5.62. The van der Waals surface area contributed by atoms with Gasteiger partial charge in [-0.1, -0.05) is 54.6 Å². The van der Waals surface area contributed by atoms with Crippen molar-refractivity contribution in [1.82, 2.24) is 0 Å². The van der Waals surface area contributed by atoms with Crippen LogP contribution in [0.5, 0.6) is 0 Å². The molecule has 0 radical (unpaired) electrons. The summed E-state index contributed by atoms with van der Waals surface area (Å²) in [5.74, 6) is -1.92. The predicted molar refractivity (Wildman–Crippen MR) is 79.0 cm³/mol. The summed E-state index contributed by atoms with van der Waals surface area (Å²) in [5.41, 5.74) is 0.869. The van der Waals surface area contributed by atoms with E-state index in [4.69, 9.17) is 0 Å². The minimum absolute atomic E-state index is 0.0110. The van der Waals surface area contributed by atoms with Gasteiger partial charge in [0, 0.05) is 12.0 Å². The van der Waals surface area contributed by atoms with Gasteiger partial charge < -0.3 is 5.11 Å². The average Bonchev–Trinajstić information content (AvgIpc) is 2.50. The van der Waals surface area contributed by atoms with Crippen LogP contribution in [-0.4, -0.2) is 5.11 Å². The lowest BCUT2D eigenvalue weighted by atomic mass is 9.98. The molecule has 0 saturated carbocycles. The minimum Gasteiger partial charge on any atom is -0.388 e. The molecule has 0 spiro atoms. The van der Waals surface area contributed by atoms with Crippen LogP contribution in [0, 0.1) is 11.6 Å². The van der Waals surface area contributed by atoms with Crippen LogP contribution in [0.3, 0.4) is 0 Å². The summed E-state index contributed by atoms with van der Waals surface area (Å²) in [6.45, 7) is 0. The summed E-state index contributed by atoms with van der Waals surface area (Å²) in [7, 11) is 0. The summed E-state index contributed by atoms with van der Waals surface area (Å²) < 4.78 is 26.9. The second-order valence-corrected chi connectivity index (χ2v) is 5.04. The van der Waals surface area contributed by atoms with E-state index >= 15 is 0 Å². The fourth-order valence-electron chi connectivity index (χ4n) is 2.48. The highest BCUT2D eigenvalue weighted by molar-refractivity contribution is 5.83. The zero-order valence-corrected chi connectivity index (χ0v) is 11.3. The van der Waals surface area contributed by atoms with E-state index < -0.39 is 17.7 Å². The Hall–Kier alpha value is -2.26. The zero-order valence-electron chi connectivity index (χ0n) is 11.3. The van der Waals surface area contributed by atoms with Crippen LogP contribution in [0.2, 0.25) is 0 Å². The van der Waals surface area contributed by atoms with Crippen molar-refractivity contribution in [2.75, 3.05) is 0 Å². The van der Waals surface area contributed by atoms with Gasteiger partial charge in [-0.05, 0) is 22.4 Å². The van der Waals surface area contributed by atoms with Gasteiger partial charge in [0.1, 0.15) is 0 Å². The summed E-state index contributed by atoms with van der Waals surface area (Å²) in [6, 6.07) is 17.5. The van der Waals surface area contributed by atoms with Crippen molar-refractivity contribution in [3.8, 4) is 0 Å². The molecular formula is C18H14F2O. The van der Waals surface area contributed by atoms with E-state index in [1.54, 1.807) is 0 Å². The third-order valence-electron chi connectivity index (χ3n) is 3.58. The van der Waals surface area contributed by atoms with E-state index in [1.165, 1.54) is 12.1 Å². The normalized spacial score (nSPS) is 12.5. The molecule has 106 valence electrons. The molecule has 0 aliphatic heterocycles. The van der Waals surface area contributed by atoms with Crippen LogP contribution < -0.4 is 0 Å². The van der Waals surface area contributed by atoms with Gasteiger partial charge in [-0.3, -0.25) is 0 Å². The molecule has 1 N–H and O–H groups in total. The molecule has 21 heavy (non-hydrogen) atoms. The van der Waals surface area contributed by atoms with Crippen LogP contribution in [-0.2, 0) is 6.42 Å². The Morgan fingerprint density at radius 2 is 1.62 bits per heavy atom. The summed E-state index contributed by atoms with van der Waals surface area (Å²) in [4.78, 5) is 0. The molecular weight excluding hydrogens is 270 g/mol. The van der Waals surface area contributed by atoms with Crippen LogP contribution in [0.25, 0.3) is 10.8 Å². The zero-order chi connectivity index (χ0) is 14.8. The highest BCUT2D eigenvalue weighted by Crippen LogP contribution is 2.24. The molecule has 0 aliphatic carbocycles. The van der Waals surface area contributed by atoms with Gasteiger partial charge in [-0.15, -0.1) is 0 Å². The molecule has 3 aromatic carbocycles. The number of halogens is 2. The standard InChI is InChI=1S/C18H14F2O/c19-16-7-3-6-15(18(16)20)17(21)11-12-8-9-13-4-1-2-5-14(13)10-12/h1-10,17,21H,11H2. The van der Waals surface area contributed by atoms with Crippen molar-refractivity contribution < 1.29 is 13.9 Å². The maximum atomic E-state index is 13.7. The molecule has 3 heteroatoms. The Labute approximate surface area is 121 Å². The Kier molecular flexibility index (Phi) is 3.67. The number of hydrogen-bond donors (Lipinski definition) is 1. The topological polar surface area (TPSA) is 20.2 Å². The van der Waals surface area contributed by atoms with Gasteiger partial charge in [0.05, 0.1) is 6.10 Å². The quantitative estimate of drug-likeness (QED) is 0.756. The molecule has 0 aromatic heterocycles. The third-order valence-corrected chi connectivity index (χ3v) is 3.58. The van der Waals surface area contributed by atoms with Gasteiger partial charge in [0.25, 0.3) is 0 Å². The molecule has 0 bridgehead atoms. The molecule has 0 aliphatic rings. The number of benzene rings is 3. The predicted octanol–water partition coefficient (Wildman–Crippen LogP) is 4.39. The molecule has 1 atom stereocenters. The van der Waals surface area contributed by atoms with E-state index in [9.17, 15) is 13.9 Å². The first-order valence-electron chi connectivity index (χ1n) is 6.75. The van der Waals surface area contributed by atoms with Crippen LogP contribution in [0.1, 0.15) is 17.2 Å². The average molecular weight is 284 g/mol. The largest absolute Gasteiger partial charge is 0.388 e.